The van der Waals surface area contributed by atoms with Crippen LogP contribution in [0.2, 0.25) is 0 Å². The molecular formula is C65H40N2O. The Labute approximate surface area is 394 Å². The van der Waals surface area contributed by atoms with Crippen LogP contribution in [0.1, 0.15) is 22.3 Å². The number of benzene rings is 10. The first-order valence-corrected chi connectivity index (χ1v) is 23.3. The molecule has 2 heterocycles. The molecule has 0 radical (unpaired) electrons. The third kappa shape index (κ3) is 5.79. The summed E-state index contributed by atoms with van der Waals surface area (Å²) in [6.45, 7) is 0. The number of nitrogens with zero attached hydrogens (tertiary/aromatic N) is 2. The predicted molar refractivity (Wildman–Crippen MR) is 278 cm³/mol. The quantitative estimate of drug-likeness (QED) is 0.167. The third-order valence-corrected chi connectivity index (χ3v) is 14.3. The van der Waals surface area contributed by atoms with Crippen LogP contribution in [0, 0.1) is 0 Å². The molecule has 0 saturated heterocycles. The zero-order chi connectivity index (χ0) is 44.8. The zero-order valence-electron chi connectivity index (χ0n) is 36.9. The van der Waals surface area contributed by atoms with Crippen molar-refractivity contribution in [1.82, 2.24) is 9.97 Å². The van der Waals surface area contributed by atoms with Crippen LogP contribution in [0.5, 0.6) is 0 Å². The van der Waals surface area contributed by atoms with Gasteiger partial charge in [-0.2, -0.15) is 0 Å². The summed E-state index contributed by atoms with van der Waals surface area (Å²) in [5.41, 5.74) is 23.1. The minimum absolute atomic E-state index is 0.464. The minimum atomic E-state index is -0.464. The second-order valence-electron chi connectivity index (χ2n) is 18.0. The van der Waals surface area contributed by atoms with E-state index in [4.69, 9.17) is 14.4 Å². The highest BCUT2D eigenvalue weighted by atomic mass is 16.3. The number of furan rings is 1. The predicted octanol–water partition coefficient (Wildman–Crippen LogP) is 16.7. The van der Waals surface area contributed by atoms with E-state index >= 15 is 0 Å². The van der Waals surface area contributed by atoms with Crippen molar-refractivity contribution in [1.29, 1.82) is 0 Å². The highest BCUT2D eigenvalue weighted by Crippen LogP contribution is 2.64. The van der Waals surface area contributed by atoms with Crippen molar-refractivity contribution in [2.75, 3.05) is 0 Å². The largest absolute Gasteiger partial charge is 0.456 e. The standard InChI is InChI=1S/C65H40N2O/c1-3-16-41(17-4-1)42-30-32-43(33-31-42)46-36-47(45-34-35-62-54(39-45)51-22-10-14-29-61(51)68-62)38-48(37-46)59-40-60(67-64(66-59)44-18-5-2-6-19-44)53-24-15-28-58-63(53)52-23-9-13-27-57(52)65(58)55-25-11-7-20-49(55)50-21-8-12-26-56(50)65/h1-40H. The average molecular weight is 865 g/mol. The van der Waals surface area contributed by atoms with E-state index in [0.717, 1.165) is 72.3 Å². The highest BCUT2D eigenvalue weighted by Gasteiger charge is 2.52. The maximum Gasteiger partial charge on any atom is 0.160 e. The Morgan fingerprint density at radius 3 is 1.49 bits per heavy atom. The van der Waals surface area contributed by atoms with Gasteiger partial charge in [-0.05, 0) is 120 Å². The number of rotatable bonds is 6. The summed E-state index contributed by atoms with van der Waals surface area (Å²) in [6, 6.07) is 87.5. The van der Waals surface area contributed by atoms with Crippen LogP contribution in [0.15, 0.2) is 247 Å². The first-order valence-electron chi connectivity index (χ1n) is 23.3. The second-order valence-corrected chi connectivity index (χ2v) is 18.0. The Hall–Kier alpha value is -8.92. The molecule has 2 aliphatic carbocycles. The highest BCUT2D eigenvalue weighted by molar-refractivity contribution is 6.06. The van der Waals surface area contributed by atoms with Gasteiger partial charge in [-0.3, -0.25) is 0 Å². The number of fused-ring (bicyclic) bond motifs is 13. The summed E-state index contributed by atoms with van der Waals surface area (Å²) < 4.78 is 6.29. The van der Waals surface area contributed by atoms with E-state index in [2.05, 4.69) is 224 Å². The molecule has 0 bridgehead atoms. The molecule has 0 unspecified atom stereocenters. The van der Waals surface area contributed by atoms with Crippen LogP contribution < -0.4 is 0 Å². The summed E-state index contributed by atoms with van der Waals surface area (Å²) >= 11 is 0. The molecule has 12 aromatic rings. The molecule has 0 saturated carbocycles. The van der Waals surface area contributed by atoms with E-state index < -0.39 is 5.41 Å². The van der Waals surface area contributed by atoms with Gasteiger partial charge in [0.05, 0.1) is 16.8 Å². The fraction of sp³-hybridized carbons (Fsp3) is 0.0154. The number of para-hydroxylation sites is 1. The summed E-state index contributed by atoms with van der Waals surface area (Å²) in [5, 5.41) is 2.20. The van der Waals surface area contributed by atoms with Crippen LogP contribution in [0.3, 0.4) is 0 Å². The van der Waals surface area contributed by atoms with Gasteiger partial charge < -0.3 is 4.42 Å². The van der Waals surface area contributed by atoms with E-state index in [1.807, 2.05) is 18.2 Å². The molecule has 2 aromatic heterocycles. The second kappa shape index (κ2) is 15.1. The topological polar surface area (TPSA) is 38.9 Å². The van der Waals surface area contributed by atoms with Crippen molar-refractivity contribution in [2.45, 2.75) is 5.41 Å². The molecule has 0 atom stereocenters. The van der Waals surface area contributed by atoms with E-state index in [9.17, 15) is 0 Å². The van der Waals surface area contributed by atoms with Crippen LogP contribution in [0.4, 0.5) is 0 Å². The summed E-state index contributed by atoms with van der Waals surface area (Å²) in [7, 11) is 0. The summed E-state index contributed by atoms with van der Waals surface area (Å²) in [5.74, 6) is 0.679. The van der Waals surface area contributed by atoms with Crippen LogP contribution in [0.25, 0.3) is 111 Å². The Balaban J connectivity index is 0.998. The molecule has 10 aromatic carbocycles. The lowest BCUT2D eigenvalue weighted by atomic mass is 9.70. The van der Waals surface area contributed by atoms with Crippen molar-refractivity contribution >= 4 is 21.9 Å². The van der Waals surface area contributed by atoms with E-state index in [-0.39, 0.29) is 0 Å². The fourth-order valence-electron chi connectivity index (χ4n) is 11.3. The van der Waals surface area contributed by atoms with Gasteiger partial charge in [-0.15, -0.1) is 0 Å². The van der Waals surface area contributed by atoms with Crippen molar-refractivity contribution in [2.24, 2.45) is 0 Å². The SMILES string of the molecule is c1ccc(-c2ccc(-c3cc(-c4ccc5oc6ccccc6c5c4)cc(-c4cc(-c5cccc6c5-c5ccccc5C65c6ccccc6-c6ccccc65)nc(-c5ccccc5)n4)c3)cc2)cc1. The average Bonchev–Trinajstić information content (AvgIpc) is 4.05. The Morgan fingerprint density at radius 2 is 0.765 bits per heavy atom. The van der Waals surface area contributed by atoms with Crippen LogP contribution in [-0.4, -0.2) is 9.97 Å². The van der Waals surface area contributed by atoms with Crippen molar-refractivity contribution in [3.63, 3.8) is 0 Å². The Bertz CT molecular complexity index is 3910. The molecular weight excluding hydrogens is 825 g/mol. The van der Waals surface area contributed by atoms with Crippen LogP contribution in [-0.2, 0) is 5.41 Å². The van der Waals surface area contributed by atoms with E-state index in [1.54, 1.807) is 0 Å². The molecule has 68 heavy (non-hydrogen) atoms. The van der Waals surface area contributed by atoms with Gasteiger partial charge in [0.15, 0.2) is 5.82 Å². The van der Waals surface area contributed by atoms with E-state index in [0.29, 0.717) is 5.82 Å². The minimum Gasteiger partial charge on any atom is -0.456 e. The van der Waals surface area contributed by atoms with Crippen LogP contribution >= 0.6 is 0 Å². The summed E-state index contributed by atoms with van der Waals surface area (Å²) in [6.07, 6.45) is 0. The Morgan fingerprint density at radius 1 is 0.279 bits per heavy atom. The first kappa shape index (κ1) is 38.4. The molecule has 316 valence electrons. The van der Waals surface area contributed by atoms with Gasteiger partial charge in [0.25, 0.3) is 0 Å². The third-order valence-electron chi connectivity index (χ3n) is 14.3. The summed E-state index contributed by atoms with van der Waals surface area (Å²) in [4.78, 5) is 10.9. The first-order chi connectivity index (χ1) is 33.7. The number of hydrogen-bond acceptors (Lipinski definition) is 3. The Kier molecular flexibility index (Phi) is 8.50. The van der Waals surface area contributed by atoms with Crippen molar-refractivity contribution in [3.05, 3.63) is 265 Å². The maximum atomic E-state index is 6.29. The number of aromatic nitrogens is 2. The molecule has 0 N–H and O–H groups in total. The zero-order valence-corrected chi connectivity index (χ0v) is 36.9. The lowest BCUT2D eigenvalue weighted by molar-refractivity contribution is 0.669. The number of hydrogen-bond donors (Lipinski definition) is 0. The fourth-order valence-corrected chi connectivity index (χ4v) is 11.3. The molecule has 0 aliphatic heterocycles. The molecule has 3 nitrogen and oxygen atoms in total. The van der Waals surface area contributed by atoms with Gasteiger partial charge in [0.2, 0.25) is 0 Å². The lowest BCUT2D eigenvalue weighted by Gasteiger charge is -2.30. The maximum absolute atomic E-state index is 6.29. The molecule has 0 amide bonds. The van der Waals surface area contributed by atoms with E-state index in [1.165, 1.54) is 55.6 Å². The molecule has 0 fully saturated rings. The van der Waals surface area contributed by atoms with Gasteiger partial charge >= 0.3 is 0 Å². The van der Waals surface area contributed by atoms with Crippen molar-refractivity contribution < 1.29 is 4.42 Å². The van der Waals surface area contributed by atoms with Gasteiger partial charge in [-0.1, -0.05) is 200 Å². The molecule has 3 heteroatoms. The monoisotopic (exact) mass is 864 g/mol. The normalized spacial score (nSPS) is 12.8. The molecule has 14 rings (SSSR count). The van der Waals surface area contributed by atoms with Gasteiger partial charge in [-0.25, -0.2) is 9.97 Å². The van der Waals surface area contributed by atoms with Gasteiger partial charge in [0, 0.05) is 27.5 Å². The lowest BCUT2D eigenvalue weighted by Crippen LogP contribution is -2.25. The van der Waals surface area contributed by atoms with Gasteiger partial charge in [0.1, 0.15) is 11.2 Å². The molecule has 2 aliphatic rings. The smallest absolute Gasteiger partial charge is 0.160 e. The molecule has 1 spiro atoms. The van der Waals surface area contributed by atoms with Crippen molar-refractivity contribution in [3.8, 4) is 89.5 Å².